The molecule has 4 nitrogen and oxygen atoms in total. The lowest BCUT2D eigenvalue weighted by molar-refractivity contribution is -0.141. The van der Waals surface area contributed by atoms with E-state index < -0.39 is 0 Å². The van der Waals surface area contributed by atoms with Gasteiger partial charge in [0.1, 0.15) is 10.9 Å². The zero-order chi connectivity index (χ0) is 17.5. The van der Waals surface area contributed by atoms with Crippen molar-refractivity contribution < 1.29 is 9.53 Å². The third-order valence-corrected chi connectivity index (χ3v) is 4.86. The fourth-order valence-electron chi connectivity index (χ4n) is 3.28. The fraction of sp³-hybridized carbons (Fsp3) is 0.474. The molecule has 1 amide bonds. The van der Waals surface area contributed by atoms with Crippen molar-refractivity contribution in [3.63, 3.8) is 0 Å². The normalized spacial score (nSPS) is 16.3. The predicted molar refractivity (Wildman–Crippen MR) is 96.7 cm³/mol. The first-order valence-electron chi connectivity index (χ1n) is 8.25. The maximum Gasteiger partial charge on any atom is 0.219 e. The van der Waals surface area contributed by atoms with Crippen LogP contribution < -0.4 is 4.74 Å². The Balaban J connectivity index is 1.83. The van der Waals surface area contributed by atoms with Gasteiger partial charge in [0.2, 0.25) is 5.91 Å². The summed E-state index contributed by atoms with van der Waals surface area (Å²) in [5.41, 5.74) is 1.24. The number of rotatable bonds is 4. The van der Waals surface area contributed by atoms with Crippen molar-refractivity contribution in [3.8, 4) is 5.75 Å². The highest BCUT2D eigenvalue weighted by Crippen LogP contribution is 2.35. The molecule has 1 saturated heterocycles. The Morgan fingerprint density at radius 1 is 1.38 bits per heavy atom. The summed E-state index contributed by atoms with van der Waals surface area (Å²) in [5.74, 6) is 1.34. The Bertz CT molecular complexity index is 782. The van der Waals surface area contributed by atoms with Crippen LogP contribution in [0.15, 0.2) is 24.4 Å². The van der Waals surface area contributed by atoms with Gasteiger partial charge in [-0.3, -0.25) is 4.79 Å². The Hall–Kier alpha value is -1.81. The molecule has 0 radical (unpaired) electrons. The summed E-state index contributed by atoms with van der Waals surface area (Å²) in [4.78, 5) is 17.4. The van der Waals surface area contributed by atoms with Crippen LogP contribution in [0.4, 0.5) is 0 Å². The molecule has 1 aliphatic rings. The molecule has 128 valence electrons. The van der Waals surface area contributed by atoms with Crippen LogP contribution in [0.2, 0.25) is 5.15 Å². The number of nitrogens with zero attached hydrogens (tertiary/aromatic N) is 2. The molecule has 0 saturated carbocycles. The molecule has 3 rings (SSSR count). The lowest BCUT2D eigenvalue weighted by Gasteiger charge is -2.47. The summed E-state index contributed by atoms with van der Waals surface area (Å²) in [5, 5.41) is 2.56. The Morgan fingerprint density at radius 2 is 2.08 bits per heavy atom. The highest BCUT2D eigenvalue weighted by atomic mass is 35.5. The molecular weight excluding hydrogens is 324 g/mol. The standard InChI is InChI=1S/C19H23ClN2O2/c1-12(2)14-5-6-17(16-8-21-18(20)7-15(14)16)24-11-19(4)9-22(10-19)13(3)23/h5-8,12H,9-11H2,1-4H3. The van der Waals surface area contributed by atoms with Crippen LogP contribution in [0.3, 0.4) is 0 Å². The van der Waals surface area contributed by atoms with Gasteiger partial charge in [0.15, 0.2) is 0 Å². The van der Waals surface area contributed by atoms with E-state index in [0.29, 0.717) is 17.7 Å². The van der Waals surface area contributed by atoms with E-state index in [-0.39, 0.29) is 11.3 Å². The van der Waals surface area contributed by atoms with Crippen LogP contribution in [0.5, 0.6) is 5.75 Å². The molecule has 1 aromatic carbocycles. The van der Waals surface area contributed by atoms with E-state index in [1.165, 1.54) is 5.56 Å². The maximum atomic E-state index is 11.4. The summed E-state index contributed by atoms with van der Waals surface area (Å²) >= 11 is 6.09. The average molecular weight is 347 g/mol. The Labute approximate surface area is 147 Å². The Kier molecular flexibility index (Phi) is 4.43. The summed E-state index contributed by atoms with van der Waals surface area (Å²) < 4.78 is 6.11. The SMILES string of the molecule is CC(=O)N1CC(C)(COc2ccc(C(C)C)c3cc(Cl)ncc23)C1. The molecule has 5 heteroatoms. The lowest BCUT2D eigenvalue weighted by atomic mass is 9.83. The zero-order valence-corrected chi connectivity index (χ0v) is 15.4. The highest BCUT2D eigenvalue weighted by molar-refractivity contribution is 6.30. The molecule has 0 N–H and O–H groups in total. The fourth-order valence-corrected chi connectivity index (χ4v) is 3.44. The van der Waals surface area contributed by atoms with E-state index in [1.807, 2.05) is 17.0 Å². The molecule has 1 aromatic heterocycles. The molecule has 0 atom stereocenters. The number of likely N-dealkylation sites (tertiary alicyclic amines) is 1. The van der Waals surface area contributed by atoms with Gasteiger partial charge >= 0.3 is 0 Å². The van der Waals surface area contributed by atoms with Crippen molar-refractivity contribution >= 4 is 28.3 Å². The molecule has 2 aromatic rings. The smallest absolute Gasteiger partial charge is 0.219 e. The molecular formula is C19H23ClN2O2. The minimum absolute atomic E-state index is 0.00850. The van der Waals surface area contributed by atoms with E-state index in [0.717, 1.165) is 29.6 Å². The number of amides is 1. The van der Waals surface area contributed by atoms with Crippen LogP contribution >= 0.6 is 11.6 Å². The molecule has 0 bridgehead atoms. The van der Waals surface area contributed by atoms with Crippen molar-refractivity contribution in [2.75, 3.05) is 19.7 Å². The first-order valence-corrected chi connectivity index (χ1v) is 8.63. The number of halogens is 1. The third-order valence-electron chi connectivity index (χ3n) is 4.65. The minimum atomic E-state index is 0.00850. The molecule has 0 unspecified atom stereocenters. The van der Waals surface area contributed by atoms with Crippen LogP contribution in [0.25, 0.3) is 10.8 Å². The number of carbonyl (C=O) groups is 1. The van der Waals surface area contributed by atoms with Gasteiger partial charge in [-0.05, 0) is 29.0 Å². The molecule has 24 heavy (non-hydrogen) atoms. The van der Waals surface area contributed by atoms with Crippen molar-refractivity contribution in [1.29, 1.82) is 0 Å². The monoisotopic (exact) mass is 346 g/mol. The van der Waals surface area contributed by atoms with Gasteiger partial charge in [-0.15, -0.1) is 0 Å². The van der Waals surface area contributed by atoms with Crippen LogP contribution in [-0.4, -0.2) is 35.5 Å². The summed E-state index contributed by atoms with van der Waals surface area (Å²) in [6, 6.07) is 6.02. The first kappa shape index (κ1) is 17.0. The second kappa shape index (κ2) is 6.25. The quantitative estimate of drug-likeness (QED) is 0.777. The minimum Gasteiger partial charge on any atom is -0.492 e. The molecule has 1 fully saturated rings. The molecule has 0 spiro atoms. The third kappa shape index (κ3) is 3.20. The van der Waals surface area contributed by atoms with Crippen LogP contribution in [0, 0.1) is 5.41 Å². The topological polar surface area (TPSA) is 42.4 Å². The van der Waals surface area contributed by atoms with Gasteiger partial charge in [-0.25, -0.2) is 4.98 Å². The zero-order valence-electron chi connectivity index (χ0n) is 14.6. The number of carbonyl (C=O) groups excluding carboxylic acids is 1. The summed E-state index contributed by atoms with van der Waals surface area (Å²) in [6.45, 7) is 10.1. The summed E-state index contributed by atoms with van der Waals surface area (Å²) in [7, 11) is 0. The number of pyridine rings is 1. The number of fused-ring (bicyclic) bond motifs is 1. The number of ether oxygens (including phenoxy) is 1. The van der Waals surface area contributed by atoms with Crippen LogP contribution in [0.1, 0.15) is 39.2 Å². The second-order valence-electron chi connectivity index (χ2n) is 7.33. The van der Waals surface area contributed by atoms with Gasteiger partial charge in [0.05, 0.1) is 6.61 Å². The molecule has 0 aliphatic carbocycles. The van der Waals surface area contributed by atoms with Crippen molar-refractivity contribution in [2.45, 2.75) is 33.6 Å². The highest BCUT2D eigenvalue weighted by Gasteiger charge is 2.40. The molecule has 2 heterocycles. The number of aromatic nitrogens is 1. The maximum absolute atomic E-state index is 11.4. The predicted octanol–water partition coefficient (Wildman–Crippen LogP) is 4.26. The lowest BCUT2D eigenvalue weighted by Crippen LogP contribution is -2.58. The number of hydrogen-bond donors (Lipinski definition) is 0. The van der Waals surface area contributed by atoms with Gasteiger partial charge in [0, 0.05) is 37.0 Å². The van der Waals surface area contributed by atoms with Crippen molar-refractivity contribution in [1.82, 2.24) is 9.88 Å². The number of benzene rings is 1. The molecule has 1 aliphatic heterocycles. The van der Waals surface area contributed by atoms with Gasteiger partial charge < -0.3 is 9.64 Å². The van der Waals surface area contributed by atoms with E-state index >= 15 is 0 Å². The van der Waals surface area contributed by atoms with Gasteiger partial charge in [-0.1, -0.05) is 38.4 Å². The number of hydrogen-bond acceptors (Lipinski definition) is 3. The van der Waals surface area contributed by atoms with Gasteiger partial charge in [-0.2, -0.15) is 0 Å². The van der Waals surface area contributed by atoms with E-state index in [4.69, 9.17) is 16.3 Å². The Morgan fingerprint density at radius 3 is 2.71 bits per heavy atom. The van der Waals surface area contributed by atoms with E-state index in [2.05, 4.69) is 31.8 Å². The van der Waals surface area contributed by atoms with Gasteiger partial charge in [0.25, 0.3) is 0 Å². The van der Waals surface area contributed by atoms with E-state index in [1.54, 1.807) is 13.1 Å². The first-order chi connectivity index (χ1) is 11.3. The van der Waals surface area contributed by atoms with Crippen molar-refractivity contribution in [2.24, 2.45) is 5.41 Å². The average Bonchev–Trinajstić information content (AvgIpc) is 2.49. The van der Waals surface area contributed by atoms with E-state index in [9.17, 15) is 4.79 Å². The van der Waals surface area contributed by atoms with Crippen molar-refractivity contribution in [3.05, 3.63) is 35.1 Å². The summed E-state index contributed by atoms with van der Waals surface area (Å²) in [6.07, 6.45) is 1.78. The van der Waals surface area contributed by atoms with Crippen LogP contribution in [-0.2, 0) is 4.79 Å². The largest absolute Gasteiger partial charge is 0.492 e. The second-order valence-corrected chi connectivity index (χ2v) is 7.72.